The Morgan fingerprint density at radius 3 is 1.50 bits per heavy atom. The van der Waals surface area contributed by atoms with Crippen LogP contribution < -0.4 is 20.9 Å². The van der Waals surface area contributed by atoms with Crippen molar-refractivity contribution >= 4 is 61.1 Å². The minimum atomic E-state index is -3.79. The van der Waals surface area contributed by atoms with Crippen molar-refractivity contribution in [2.45, 2.75) is 106 Å². The van der Waals surface area contributed by atoms with E-state index in [2.05, 4.69) is 16.0 Å². The summed E-state index contributed by atoms with van der Waals surface area (Å²) in [7, 11) is -7.39. The second-order valence-electron chi connectivity index (χ2n) is 20.0. The van der Waals surface area contributed by atoms with E-state index in [1.54, 1.807) is 24.3 Å². The highest BCUT2D eigenvalue weighted by Crippen LogP contribution is 2.38. The lowest BCUT2D eigenvalue weighted by Crippen LogP contribution is -2.54. The van der Waals surface area contributed by atoms with Gasteiger partial charge in [-0.05, 0) is 90.6 Å². The first-order valence-electron chi connectivity index (χ1n) is 22.8. The van der Waals surface area contributed by atoms with Gasteiger partial charge in [-0.15, -0.1) is 0 Å². The van der Waals surface area contributed by atoms with Gasteiger partial charge in [0.1, 0.15) is 6.61 Å². The molecule has 18 nitrogen and oxygen atoms in total. The number of carboxylic acid groups (broad SMARTS) is 2. The molecule has 3 aromatic carbocycles. The van der Waals surface area contributed by atoms with Crippen molar-refractivity contribution in [2.75, 3.05) is 49.5 Å². The highest BCUT2D eigenvalue weighted by molar-refractivity contribution is 7.92. The number of likely N-dealkylation sites (tertiary alicyclic amines) is 2. The summed E-state index contributed by atoms with van der Waals surface area (Å²) >= 11 is 0. The van der Waals surface area contributed by atoms with Crippen LogP contribution in [-0.2, 0) is 40.6 Å². The molecule has 4 atom stereocenters. The fraction of sp³-hybridized carbons (Fsp3) is 0.521. The van der Waals surface area contributed by atoms with E-state index in [4.69, 9.17) is 4.74 Å². The number of carbonyl (C=O) groups excluding carboxylic acids is 3. The van der Waals surface area contributed by atoms with Gasteiger partial charge >= 0.3 is 18.3 Å². The molecule has 4 saturated heterocycles. The summed E-state index contributed by atoms with van der Waals surface area (Å²) in [6, 6.07) is 20.2. The first-order chi connectivity index (χ1) is 31.9. The van der Waals surface area contributed by atoms with E-state index in [0.717, 1.165) is 10.5 Å². The van der Waals surface area contributed by atoms with Gasteiger partial charge in [0.25, 0.3) is 0 Å². The van der Waals surface area contributed by atoms with Crippen molar-refractivity contribution < 1.29 is 55.8 Å². The van der Waals surface area contributed by atoms with Crippen LogP contribution in [0.2, 0.25) is 0 Å². The molecule has 0 saturated carbocycles. The molecule has 0 bridgehead atoms. The predicted molar refractivity (Wildman–Crippen MR) is 255 cm³/mol. The lowest BCUT2D eigenvalue weighted by Gasteiger charge is -2.44. The summed E-state index contributed by atoms with van der Waals surface area (Å²) in [4.78, 5) is 65.4. The van der Waals surface area contributed by atoms with Crippen molar-refractivity contribution in [3.8, 4) is 0 Å². The number of ether oxygens (including phenoxy) is 1. The van der Waals surface area contributed by atoms with Crippen molar-refractivity contribution in [3.05, 3.63) is 84.4 Å². The molecule has 3 aromatic rings. The number of hydrogen-bond acceptors (Lipinski definition) is 12. The standard InChI is InChI=1S/C28H35N3O7S.C20H29N3O5S/c1-28(2,3)24-15-23(13-14-30(24)26(33)34)39(36,37)22-11-9-21(10-12-22)31(25(32)20-16-29-17-20)27(35)38-18-19-7-5-4-6-8-19;1-20(2,3)17-10-16(8-9-23(17)19(25)26)29(27,28)15-6-4-14(5-7-15)22-18(24)13-11-21-12-13/h4-12,20,23-24,29H,13-18H2,1-3H3,(H,33,34);4-7,13,16-17,21H,8-12H2,1-3H3,(H,22,24)(H,25,26). The van der Waals surface area contributed by atoms with Crippen LogP contribution >= 0.6 is 0 Å². The fourth-order valence-corrected chi connectivity index (χ4v) is 12.4. The van der Waals surface area contributed by atoms with E-state index < -0.39 is 65.8 Å². The molecule has 4 unspecified atom stereocenters. The summed E-state index contributed by atoms with van der Waals surface area (Å²) in [6.45, 7) is 14.0. The van der Waals surface area contributed by atoms with Crippen molar-refractivity contribution in [1.82, 2.24) is 20.4 Å². The number of carbonyl (C=O) groups is 5. The first kappa shape index (κ1) is 51.8. The zero-order chi connectivity index (χ0) is 49.8. The highest BCUT2D eigenvalue weighted by Gasteiger charge is 2.45. The third kappa shape index (κ3) is 12.0. The van der Waals surface area contributed by atoms with Gasteiger partial charge in [0.15, 0.2) is 19.7 Å². The smallest absolute Gasteiger partial charge is 0.421 e. The van der Waals surface area contributed by atoms with Crippen LogP contribution in [0.4, 0.5) is 25.8 Å². The maximum Gasteiger partial charge on any atom is 0.421 e. The Labute approximate surface area is 398 Å². The quantitative estimate of drug-likeness (QED) is 0.155. The first-order valence-corrected chi connectivity index (χ1v) is 25.9. The number of amides is 5. The third-order valence-corrected chi connectivity index (χ3v) is 17.7. The zero-order valence-corrected chi connectivity index (χ0v) is 41.0. The summed E-state index contributed by atoms with van der Waals surface area (Å²) in [6.07, 6.45) is -1.98. The molecule has 7 rings (SSSR count). The lowest BCUT2D eigenvalue weighted by atomic mass is 9.80. The molecular weight excluding hydrogens is 917 g/mol. The van der Waals surface area contributed by atoms with Crippen molar-refractivity contribution in [1.29, 1.82) is 0 Å². The molecule has 5 N–H and O–H groups in total. The average molecular weight is 981 g/mol. The molecule has 0 radical (unpaired) electrons. The van der Waals surface area contributed by atoms with E-state index in [0.29, 0.717) is 31.9 Å². The average Bonchev–Trinajstić information content (AvgIpc) is 3.24. The van der Waals surface area contributed by atoms with E-state index in [1.165, 1.54) is 46.2 Å². The zero-order valence-electron chi connectivity index (χ0n) is 39.4. The van der Waals surface area contributed by atoms with Crippen LogP contribution in [0.5, 0.6) is 0 Å². The second kappa shape index (κ2) is 21.0. The van der Waals surface area contributed by atoms with E-state index in [-0.39, 0.29) is 90.1 Å². The van der Waals surface area contributed by atoms with Gasteiger partial charge in [0.2, 0.25) is 11.8 Å². The van der Waals surface area contributed by atoms with Crippen LogP contribution in [-0.4, -0.2) is 129 Å². The molecule has 4 aliphatic rings. The Morgan fingerprint density at radius 1 is 0.662 bits per heavy atom. The van der Waals surface area contributed by atoms with Crippen molar-refractivity contribution in [2.24, 2.45) is 22.7 Å². The Morgan fingerprint density at radius 2 is 1.10 bits per heavy atom. The number of hydrogen-bond donors (Lipinski definition) is 5. The SMILES string of the molecule is CC(C)(C)C1CC(S(=O)(=O)c2ccc(N(C(=O)OCc3ccccc3)C(=O)C3CNC3)cc2)CCN1C(=O)O.CC(C)(C)C1CC(S(=O)(=O)c2ccc(NC(=O)C3CNC3)cc2)CCN1C(=O)O. The molecule has 4 fully saturated rings. The van der Waals surface area contributed by atoms with E-state index >= 15 is 0 Å². The number of anilines is 2. The van der Waals surface area contributed by atoms with Crippen LogP contribution in [0, 0.1) is 22.7 Å². The molecule has 0 aliphatic carbocycles. The topological polar surface area (TPSA) is 249 Å². The van der Waals surface area contributed by atoms with Gasteiger partial charge in [-0.3, -0.25) is 9.59 Å². The van der Waals surface area contributed by atoms with Gasteiger partial charge in [0.05, 0.1) is 37.8 Å². The minimum absolute atomic E-state index is 0.0111. The van der Waals surface area contributed by atoms with Gasteiger partial charge < -0.3 is 40.7 Å². The summed E-state index contributed by atoms with van der Waals surface area (Å²) in [5.41, 5.74) is 0.754. The van der Waals surface area contributed by atoms with Crippen molar-refractivity contribution in [3.63, 3.8) is 0 Å². The Kier molecular flexibility index (Phi) is 16.0. The van der Waals surface area contributed by atoms with Crippen LogP contribution in [0.1, 0.15) is 72.8 Å². The maximum absolute atomic E-state index is 13.6. The number of benzene rings is 3. The van der Waals surface area contributed by atoms with E-state index in [9.17, 15) is 51.0 Å². The molecule has 370 valence electrons. The number of sulfone groups is 2. The van der Waals surface area contributed by atoms with Crippen LogP contribution in [0.3, 0.4) is 0 Å². The summed E-state index contributed by atoms with van der Waals surface area (Å²) < 4.78 is 58.9. The van der Waals surface area contributed by atoms with Gasteiger partial charge in [-0.2, -0.15) is 0 Å². The summed E-state index contributed by atoms with van der Waals surface area (Å²) in [5, 5.41) is 26.6. The molecule has 4 aliphatic heterocycles. The highest BCUT2D eigenvalue weighted by atomic mass is 32.2. The van der Waals surface area contributed by atoms with Gasteiger partial charge in [-0.1, -0.05) is 71.9 Å². The minimum Gasteiger partial charge on any atom is -0.465 e. The van der Waals surface area contributed by atoms with Crippen LogP contribution in [0.15, 0.2) is 88.7 Å². The number of piperidine rings is 2. The largest absolute Gasteiger partial charge is 0.465 e. The maximum atomic E-state index is 13.6. The molecule has 0 spiro atoms. The lowest BCUT2D eigenvalue weighted by molar-refractivity contribution is -0.123. The number of rotatable bonds is 10. The molecule has 20 heteroatoms. The molecule has 68 heavy (non-hydrogen) atoms. The number of nitrogens with zero attached hydrogens (tertiary/aromatic N) is 3. The fourth-order valence-electron chi connectivity index (χ4n) is 8.90. The van der Waals surface area contributed by atoms with Gasteiger partial charge in [0, 0.05) is 57.0 Å². The molecule has 5 amide bonds. The molecular formula is C48H64N6O12S2. The normalized spacial score (nSPS) is 21.5. The Hall–Kier alpha value is -5.57. The molecule has 0 aromatic heterocycles. The third-order valence-electron chi connectivity index (χ3n) is 13.2. The number of nitrogens with one attached hydrogen (secondary N) is 3. The predicted octanol–water partition coefficient (Wildman–Crippen LogP) is 6.08. The Balaban J connectivity index is 0.000000234. The Bertz CT molecular complexity index is 2520. The van der Waals surface area contributed by atoms with Crippen LogP contribution in [0.25, 0.3) is 0 Å². The molecule has 4 heterocycles. The second-order valence-corrected chi connectivity index (χ2v) is 24.5. The number of imide groups is 1. The summed E-state index contributed by atoms with van der Waals surface area (Å²) in [5.74, 6) is -0.927. The monoisotopic (exact) mass is 980 g/mol. The van der Waals surface area contributed by atoms with Gasteiger partial charge in [-0.25, -0.2) is 36.1 Å². The van der Waals surface area contributed by atoms with E-state index in [1.807, 2.05) is 59.7 Å².